The smallest absolute Gasteiger partial charge is 0.123 e. The lowest BCUT2D eigenvalue weighted by Gasteiger charge is -2.10. The Morgan fingerprint density at radius 1 is 1.30 bits per heavy atom. The van der Waals surface area contributed by atoms with E-state index in [0.717, 1.165) is 21.2 Å². The van der Waals surface area contributed by atoms with Crippen molar-refractivity contribution in [3.8, 4) is 5.75 Å². The summed E-state index contributed by atoms with van der Waals surface area (Å²) in [6.45, 7) is 0. The quantitative estimate of drug-likeness (QED) is 0.500. The van der Waals surface area contributed by atoms with Gasteiger partial charge in [0.25, 0.3) is 0 Å². The minimum absolute atomic E-state index is 0.0503. The molecule has 0 atom stereocenters. The Balaban J connectivity index is 2.24. The Morgan fingerprint density at radius 3 is 2.70 bits per heavy atom. The molecule has 3 N–H and O–H groups in total. The molecule has 3 nitrogen and oxygen atoms in total. The fourth-order valence-corrected chi connectivity index (χ4v) is 3.12. The van der Waals surface area contributed by atoms with Gasteiger partial charge in [0.1, 0.15) is 11.6 Å². The van der Waals surface area contributed by atoms with E-state index in [2.05, 4.69) is 0 Å². The van der Waals surface area contributed by atoms with Gasteiger partial charge in [0.15, 0.2) is 0 Å². The second-order valence-corrected chi connectivity index (χ2v) is 5.58. The SMILES string of the molecule is COc1ccc(C(=N)N)c(SCc2ccccc2Cl)c1. The average molecular weight is 307 g/mol. The average Bonchev–Trinajstić information content (AvgIpc) is 2.46. The predicted molar refractivity (Wildman–Crippen MR) is 85.0 cm³/mol. The van der Waals surface area contributed by atoms with Gasteiger partial charge < -0.3 is 10.5 Å². The van der Waals surface area contributed by atoms with Gasteiger partial charge in [-0.05, 0) is 29.8 Å². The molecule has 0 aliphatic heterocycles. The van der Waals surface area contributed by atoms with Crippen LogP contribution in [-0.4, -0.2) is 12.9 Å². The van der Waals surface area contributed by atoms with Crippen LogP contribution in [0.1, 0.15) is 11.1 Å². The van der Waals surface area contributed by atoms with E-state index >= 15 is 0 Å². The normalized spacial score (nSPS) is 10.3. The van der Waals surface area contributed by atoms with Crippen molar-refractivity contribution in [3.63, 3.8) is 0 Å². The molecular formula is C15H15ClN2OS. The van der Waals surface area contributed by atoms with Crippen molar-refractivity contribution in [2.75, 3.05) is 7.11 Å². The van der Waals surface area contributed by atoms with Gasteiger partial charge in [-0.15, -0.1) is 11.8 Å². The molecule has 0 bridgehead atoms. The highest BCUT2D eigenvalue weighted by Crippen LogP contribution is 2.31. The highest BCUT2D eigenvalue weighted by Gasteiger charge is 2.09. The maximum absolute atomic E-state index is 7.63. The number of rotatable bonds is 5. The van der Waals surface area contributed by atoms with Crippen molar-refractivity contribution in [1.29, 1.82) is 5.41 Å². The summed E-state index contributed by atoms with van der Waals surface area (Å²) < 4.78 is 5.21. The van der Waals surface area contributed by atoms with Crippen LogP contribution in [0.4, 0.5) is 0 Å². The molecule has 2 aromatic rings. The molecule has 5 heteroatoms. The number of thioether (sulfide) groups is 1. The Bertz CT molecular complexity index is 631. The lowest BCUT2D eigenvalue weighted by Crippen LogP contribution is -2.12. The summed E-state index contributed by atoms with van der Waals surface area (Å²) in [6.07, 6.45) is 0. The molecule has 0 unspecified atom stereocenters. The van der Waals surface area contributed by atoms with E-state index in [-0.39, 0.29) is 5.84 Å². The summed E-state index contributed by atoms with van der Waals surface area (Å²) in [4.78, 5) is 0.914. The third kappa shape index (κ3) is 3.46. The molecule has 0 spiro atoms. The van der Waals surface area contributed by atoms with Crippen LogP contribution in [0, 0.1) is 5.41 Å². The summed E-state index contributed by atoms with van der Waals surface area (Å²) in [5.74, 6) is 1.51. The van der Waals surface area contributed by atoms with Crippen molar-refractivity contribution in [1.82, 2.24) is 0 Å². The Labute approximate surface area is 127 Å². The Hall–Kier alpha value is -1.65. The van der Waals surface area contributed by atoms with Crippen molar-refractivity contribution in [3.05, 3.63) is 58.6 Å². The topological polar surface area (TPSA) is 59.1 Å². The first-order valence-electron chi connectivity index (χ1n) is 6.00. The number of nitrogens with one attached hydrogen (secondary N) is 1. The molecule has 2 aromatic carbocycles. The molecule has 0 saturated carbocycles. The molecule has 0 saturated heterocycles. The van der Waals surface area contributed by atoms with Gasteiger partial charge in [-0.2, -0.15) is 0 Å². The molecule has 0 amide bonds. The summed E-state index contributed by atoms with van der Waals surface area (Å²) in [7, 11) is 1.62. The van der Waals surface area contributed by atoms with Crippen molar-refractivity contribution in [2.24, 2.45) is 5.73 Å². The molecule has 0 aromatic heterocycles. The van der Waals surface area contributed by atoms with Crippen LogP contribution in [0.3, 0.4) is 0 Å². The van der Waals surface area contributed by atoms with E-state index in [1.807, 2.05) is 30.3 Å². The van der Waals surface area contributed by atoms with Crippen LogP contribution in [0.2, 0.25) is 5.02 Å². The monoisotopic (exact) mass is 306 g/mol. The zero-order valence-corrected chi connectivity index (χ0v) is 12.6. The van der Waals surface area contributed by atoms with Gasteiger partial charge in [0, 0.05) is 21.2 Å². The lowest BCUT2D eigenvalue weighted by molar-refractivity contribution is 0.413. The largest absolute Gasteiger partial charge is 0.497 e. The second kappa shape index (κ2) is 6.68. The maximum Gasteiger partial charge on any atom is 0.123 e. The van der Waals surface area contributed by atoms with E-state index in [1.54, 1.807) is 31.0 Å². The van der Waals surface area contributed by atoms with Gasteiger partial charge in [-0.3, -0.25) is 5.41 Å². The molecule has 0 heterocycles. The minimum Gasteiger partial charge on any atom is -0.497 e. The van der Waals surface area contributed by atoms with E-state index in [9.17, 15) is 0 Å². The lowest BCUT2D eigenvalue weighted by atomic mass is 10.2. The van der Waals surface area contributed by atoms with Crippen LogP contribution in [0.5, 0.6) is 5.75 Å². The molecule has 104 valence electrons. The van der Waals surface area contributed by atoms with Crippen molar-refractivity contribution in [2.45, 2.75) is 10.6 Å². The third-order valence-corrected chi connectivity index (χ3v) is 4.29. The highest BCUT2D eigenvalue weighted by atomic mass is 35.5. The van der Waals surface area contributed by atoms with Gasteiger partial charge in [-0.1, -0.05) is 29.8 Å². The first-order chi connectivity index (χ1) is 9.61. The number of amidine groups is 1. The number of benzene rings is 2. The Kier molecular flexibility index (Phi) is 4.93. The van der Waals surface area contributed by atoms with E-state index in [1.165, 1.54) is 0 Å². The first-order valence-corrected chi connectivity index (χ1v) is 7.37. The number of methoxy groups -OCH3 is 1. The molecule has 0 aliphatic carbocycles. The van der Waals surface area contributed by atoms with Gasteiger partial charge in [0.2, 0.25) is 0 Å². The summed E-state index contributed by atoms with van der Waals surface area (Å²) in [6, 6.07) is 13.2. The van der Waals surface area contributed by atoms with E-state index in [0.29, 0.717) is 11.3 Å². The summed E-state index contributed by atoms with van der Waals surface area (Å²) in [5, 5.41) is 8.37. The molecule has 0 aliphatic rings. The van der Waals surface area contributed by atoms with E-state index in [4.69, 9.17) is 27.5 Å². The third-order valence-electron chi connectivity index (χ3n) is 2.82. The number of hydrogen-bond donors (Lipinski definition) is 2. The summed E-state index contributed by atoms with van der Waals surface area (Å²) in [5.41, 5.74) is 7.37. The number of ether oxygens (including phenoxy) is 1. The van der Waals surface area contributed by atoms with Crippen LogP contribution < -0.4 is 10.5 Å². The zero-order chi connectivity index (χ0) is 14.5. The molecule has 20 heavy (non-hydrogen) atoms. The van der Waals surface area contributed by atoms with Crippen molar-refractivity contribution < 1.29 is 4.74 Å². The molecule has 2 rings (SSSR count). The minimum atomic E-state index is 0.0503. The van der Waals surface area contributed by atoms with Crippen LogP contribution >= 0.6 is 23.4 Å². The fraction of sp³-hybridized carbons (Fsp3) is 0.133. The number of nitrogen functional groups attached to an aromatic ring is 1. The van der Waals surface area contributed by atoms with Gasteiger partial charge in [-0.25, -0.2) is 0 Å². The fourth-order valence-electron chi connectivity index (χ4n) is 1.74. The standard InChI is InChI=1S/C15H15ClN2OS/c1-19-11-6-7-12(15(17)18)14(8-11)20-9-10-4-2-3-5-13(10)16/h2-8H,9H2,1H3,(H3,17,18). The van der Waals surface area contributed by atoms with Crippen LogP contribution in [-0.2, 0) is 5.75 Å². The first kappa shape index (κ1) is 14.8. The van der Waals surface area contributed by atoms with Crippen LogP contribution in [0.15, 0.2) is 47.4 Å². The molecule has 0 radical (unpaired) electrons. The zero-order valence-electron chi connectivity index (χ0n) is 11.0. The maximum atomic E-state index is 7.63. The molecular weight excluding hydrogens is 292 g/mol. The second-order valence-electron chi connectivity index (χ2n) is 4.16. The van der Waals surface area contributed by atoms with Gasteiger partial charge in [0.05, 0.1) is 7.11 Å². The van der Waals surface area contributed by atoms with Gasteiger partial charge >= 0.3 is 0 Å². The summed E-state index contributed by atoms with van der Waals surface area (Å²) >= 11 is 7.73. The molecule has 0 fully saturated rings. The predicted octanol–water partition coefficient (Wildman–Crippen LogP) is 3.92. The highest BCUT2D eigenvalue weighted by molar-refractivity contribution is 7.98. The van der Waals surface area contributed by atoms with E-state index < -0.39 is 0 Å². The number of nitrogens with two attached hydrogens (primary N) is 1. The number of halogens is 1. The Morgan fingerprint density at radius 2 is 2.05 bits per heavy atom. The van der Waals surface area contributed by atoms with Crippen molar-refractivity contribution >= 4 is 29.2 Å². The number of hydrogen-bond acceptors (Lipinski definition) is 3. The van der Waals surface area contributed by atoms with Crippen LogP contribution in [0.25, 0.3) is 0 Å².